The number of carbonyl (C=O) groups excluding carboxylic acids is 1. The number of hydrogen-bond donors (Lipinski definition) is 1. The third-order valence-corrected chi connectivity index (χ3v) is 4.10. The topological polar surface area (TPSA) is 69.0 Å². The summed E-state index contributed by atoms with van der Waals surface area (Å²) in [6.07, 6.45) is 7.75. The second-order valence-electron chi connectivity index (χ2n) is 5.54. The van der Waals surface area contributed by atoms with Crippen molar-refractivity contribution in [3.05, 3.63) is 76.4 Å². The molecular weight excluding hydrogens is 415 g/mol. The number of carbonyl (C=O) groups is 1. The minimum Gasteiger partial charge on any atom is -0.481 e. The molecule has 8 heteroatoms. The number of nitrogens with one attached hydrogen (secondary N) is 1. The predicted molar refractivity (Wildman–Crippen MR) is 103 cm³/mol. The van der Waals surface area contributed by atoms with Crippen LogP contribution in [0.25, 0.3) is 11.8 Å². The monoisotopic (exact) mass is 430 g/mol. The molecule has 0 fully saturated rings. The summed E-state index contributed by atoms with van der Waals surface area (Å²) in [4.78, 5) is 16.1. The minimum atomic E-state index is -0.437. The van der Waals surface area contributed by atoms with E-state index >= 15 is 0 Å². The van der Waals surface area contributed by atoms with E-state index in [-0.39, 0.29) is 12.5 Å². The Morgan fingerprint density at radius 3 is 2.96 bits per heavy atom. The lowest BCUT2D eigenvalue weighted by atomic mass is 10.2. The lowest BCUT2D eigenvalue weighted by Crippen LogP contribution is -2.20. The Balaban J connectivity index is 1.63. The van der Waals surface area contributed by atoms with Gasteiger partial charge in [-0.25, -0.2) is 14.1 Å². The highest BCUT2D eigenvalue weighted by atomic mass is 79.9. The summed E-state index contributed by atoms with van der Waals surface area (Å²) < 4.78 is 21.6. The van der Waals surface area contributed by atoms with Gasteiger partial charge in [-0.15, -0.1) is 0 Å². The molecule has 138 valence electrons. The number of aromatic nitrogens is 3. The van der Waals surface area contributed by atoms with Gasteiger partial charge in [0.2, 0.25) is 11.8 Å². The number of rotatable bonds is 6. The molecule has 2 heterocycles. The smallest absolute Gasteiger partial charge is 0.244 e. The van der Waals surface area contributed by atoms with Crippen LogP contribution >= 0.6 is 15.9 Å². The Bertz CT molecular complexity index is 987. The molecule has 0 spiro atoms. The average molecular weight is 431 g/mol. The van der Waals surface area contributed by atoms with Crippen LogP contribution in [0.5, 0.6) is 5.88 Å². The van der Waals surface area contributed by atoms with Gasteiger partial charge < -0.3 is 10.1 Å². The van der Waals surface area contributed by atoms with Crippen LogP contribution in [0.1, 0.15) is 11.1 Å². The molecule has 0 bridgehead atoms. The van der Waals surface area contributed by atoms with Crippen molar-refractivity contribution >= 4 is 27.9 Å². The summed E-state index contributed by atoms with van der Waals surface area (Å²) in [5.74, 6) is -0.278. The molecule has 0 atom stereocenters. The fraction of sp³-hybridized carbons (Fsp3) is 0.105. The number of ether oxygens (including phenoxy) is 1. The van der Waals surface area contributed by atoms with Gasteiger partial charge in [-0.05, 0) is 45.8 Å². The van der Waals surface area contributed by atoms with E-state index in [0.717, 1.165) is 10.0 Å². The maximum absolute atomic E-state index is 14.3. The van der Waals surface area contributed by atoms with Crippen LogP contribution in [-0.4, -0.2) is 27.8 Å². The van der Waals surface area contributed by atoms with Crippen molar-refractivity contribution in [1.29, 1.82) is 0 Å². The molecule has 0 saturated heterocycles. The van der Waals surface area contributed by atoms with E-state index in [1.165, 1.54) is 23.9 Å². The van der Waals surface area contributed by atoms with Crippen LogP contribution in [0.15, 0.2) is 59.5 Å². The largest absolute Gasteiger partial charge is 0.481 e. The molecule has 2 aromatic heterocycles. The van der Waals surface area contributed by atoms with E-state index in [1.54, 1.807) is 42.9 Å². The molecule has 0 aliphatic carbocycles. The Labute approximate surface area is 163 Å². The zero-order valence-electron chi connectivity index (χ0n) is 14.4. The third-order valence-electron chi connectivity index (χ3n) is 3.69. The van der Waals surface area contributed by atoms with E-state index < -0.39 is 5.82 Å². The molecule has 0 saturated carbocycles. The van der Waals surface area contributed by atoms with Gasteiger partial charge in [-0.2, -0.15) is 5.10 Å². The summed E-state index contributed by atoms with van der Waals surface area (Å²) in [6, 6.07) is 8.24. The van der Waals surface area contributed by atoms with Crippen molar-refractivity contribution < 1.29 is 13.9 Å². The Hall–Kier alpha value is -3.00. The van der Waals surface area contributed by atoms with Crippen molar-refractivity contribution in [2.45, 2.75) is 6.54 Å². The lowest BCUT2D eigenvalue weighted by molar-refractivity contribution is -0.116. The Morgan fingerprint density at radius 1 is 1.41 bits per heavy atom. The van der Waals surface area contributed by atoms with Crippen LogP contribution < -0.4 is 10.1 Å². The van der Waals surface area contributed by atoms with Crippen molar-refractivity contribution in [2.75, 3.05) is 7.11 Å². The Morgan fingerprint density at radius 2 is 2.26 bits per heavy atom. The number of hydrogen-bond acceptors (Lipinski definition) is 4. The summed E-state index contributed by atoms with van der Waals surface area (Å²) in [5, 5.41) is 6.79. The molecule has 1 aromatic carbocycles. The molecule has 6 nitrogen and oxygen atoms in total. The molecule has 27 heavy (non-hydrogen) atoms. The van der Waals surface area contributed by atoms with Crippen LogP contribution in [0, 0.1) is 5.82 Å². The van der Waals surface area contributed by atoms with Gasteiger partial charge in [0, 0.05) is 30.6 Å². The zero-order valence-corrected chi connectivity index (χ0v) is 16.0. The summed E-state index contributed by atoms with van der Waals surface area (Å²) in [5.41, 5.74) is 1.66. The fourth-order valence-electron chi connectivity index (χ4n) is 2.40. The zero-order chi connectivity index (χ0) is 19.2. The second kappa shape index (κ2) is 8.59. The van der Waals surface area contributed by atoms with Crippen molar-refractivity contribution in [1.82, 2.24) is 20.1 Å². The molecular formula is C19H16BrFN4O2. The number of halogens is 2. The first-order chi connectivity index (χ1) is 13.1. The fourth-order valence-corrected chi connectivity index (χ4v) is 2.69. The van der Waals surface area contributed by atoms with E-state index in [0.29, 0.717) is 17.1 Å². The van der Waals surface area contributed by atoms with Gasteiger partial charge in [0.25, 0.3) is 0 Å². The highest BCUT2D eigenvalue weighted by molar-refractivity contribution is 9.10. The van der Waals surface area contributed by atoms with Crippen molar-refractivity contribution in [3.8, 4) is 11.6 Å². The first-order valence-electron chi connectivity index (χ1n) is 8.00. The Kier molecular flexibility index (Phi) is 5.97. The molecule has 3 aromatic rings. The number of nitrogens with zero attached hydrogens (tertiary/aromatic N) is 3. The number of pyridine rings is 1. The van der Waals surface area contributed by atoms with Crippen LogP contribution in [-0.2, 0) is 11.3 Å². The molecule has 1 amide bonds. The van der Waals surface area contributed by atoms with Crippen molar-refractivity contribution in [2.24, 2.45) is 0 Å². The minimum absolute atomic E-state index is 0.279. The van der Waals surface area contributed by atoms with Gasteiger partial charge in [0.1, 0.15) is 11.5 Å². The highest BCUT2D eigenvalue weighted by Gasteiger charge is 2.07. The first kappa shape index (κ1) is 18.8. The maximum Gasteiger partial charge on any atom is 0.244 e. The SMILES string of the molecule is COc1ncccc1CNC(=O)/C=C/c1ccc(-n2cc(Br)cn2)c(F)c1. The predicted octanol–water partition coefficient (Wildman–Crippen LogP) is 3.51. The molecule has 0 unspecified atom stereocenters. The number of benzene rings is 1. The average Bonchev–Trinajstić information content (AvgIpc) is 3.11. The highest BCUT2D eigenvalue weighted by Crippen LogP contribution is 2.18. The van der Waals surface area contributed by atoms with Gasteiger partial charge in [0.05, 0.1) is 17.8 Å². The molecule has 3 rings (SSSR count). The molecule has 0 radical (unpaired) electrons. The molecule has 0 aliphatic rings. The standard InChI is InChI=1S/C19H16BrFN4O2/c1-27-19-14(3-2-8-22-19)10-23-18(26)7-5-13-4-6-17(16(21)9-13)25-12-15(20)11-24-25/h2-9,11-12H,10H2,1H3,(H,23,26)/b7-5+. The number of methoxy groups -OCH3 is 1. The second-order valence-corrected chi connectivity index (χ2v) is 6.45. The summed E-state index contributed by atoms with van der Waals surface area (Å²) in [7, 11) is 1.52. The van der Waals surface area contributed by atoms with Crippen LogP contribution in [0.2, 0.25) is 0 Å². The van der Waals surface area contributed by atoms with E-state index in [9.17, 15) is 9.18 Å². The quantitative estimate of drug-likeness (QED) is 0.607. The molecule has 0 aliphatic heterocycles. The van der Waals surface area contributed by atoms with Gasteiger partial charge in [-0.3, -0.25) is 4.79 Å². The summed E-state index contributed by atoms with van der Waals surface area (Å²) >= 11 is 3.28. The van der Waals surface area contributed by atoms with Gasteiger partial charge >= 0.3 is 0 Å². The van der Waals surface area contributed by atoms with E-state index in [2.05, 4.69) is 31.3 Å². The van der Waals surface area contributed by atoms with Crippen LogP contribution in [0.3, 0.4) is 0 Å². The van der Waals surface area contributed by atoms with E-state index in [4.69, 9.17) is 4.74 Å². The number of amides is 1. The normalized spacial score (nSPS) is 10.9. The lowest BCUT2D eigenvalue weighted by Gasteiger charge is -2.07. The van der Waals surface area contributed by atoms with Crippen molar-refractivity contribution in [3.63, 3.8) is 0 Å². The molecule has 1 N–H and O–H groups in total. The van der Waals surface area contributed by atoms with Gasteiger partial charge in [0.15, 0.2) is 0 Å². The summed E-state index contributed by atoms with van der Waals surface area (Å²) in [6.45, 7) is 0.279. The van der Waals surface area contributed by atoms with E-state index in [1.807, 2.05) is 6.07 Å². The van der Waals surface area contributed by atoms with Gasteiger partial charge in [-0.1, -0.05) is 12.1 Å². The maximum atomic E-state index is 14.3. The van der Waals surface area contributed by atoms with Crippen LogP contribution in [0.4, 0.5) is 4.39 Å². The third kappa shape index (κ3) is 4.79. The first-order valence-corrected chi connectivity index (χ1v) is 8.80.